The Labute approximate surface area is 162 Å². The van der Waals surface area contributed by atoms with Crippen LogP contribution in [0.15, 0.2) is 67.0 Å². The molecule has 0 atom stereocenters. The van der Waals surface area contributed by atoms with E-state index in [1.165, 1.54) is 16.7 Å². The van der Waals surface area contributed by atoms with E-state index in [1.54, 1.807) is 17.5 Å². The first kappa shape index (κ1) is 17.5. The van der Waals surface area contributed by atoms with Gasteiger partial charge in [0.2, 0.25) is 0 Å². The van der Waals surface area contributed by atoms with Crippen LogP contribution in [-0.4, -0.2) is 21.8 Å². The number of amides is 1. The number of carbonyl (C=O) groups is 1. The average Bonchev–Trinajstić information content (AvgIpc) is 3.26. The molecule has 0 saturated carbocycles. The number of benzene rings is 2. The van der Waals surface area contributed by atoms with Crippen molar-refractivity contribution in [2.75, 3.05) is 6.54 Å². The standard InChI is InChI=1S/C22H21N3OS/c1-16-9-11-18(12-10-16)20-15-25-14-19(24-22(25)27-20)21(26)23-13-5-8-17-6-3-2-4-7-17/h2-4,6-7,9-12,14-15H,5,8,13H2,1H3,(H,23,26). The van der Waals surface area contributed by atoms with Crippen LogP contribution in [0.4, 0.5) is 0 Å². The largest absolute Gasteiger partial charge is 0.351 e. The molecule has 4 nitrogen and oxygen atoms in total. The Morgan fingerprint density at radius 3 is 2.59 bits per heavy atom. The second-order valence-electron chi connectivity index (χ2n) is 6.62. The molecule has 2 aromatic heterocycles. The Balaban J connectivity index is 1.36. The van der Waals surface area contributed by atoms with Crippen molar-refractivity contribution < 1.29 is 4.79 Å². The van der Waals surface area contributed by atoms with Gasteiger partial charge < -0.3 is 5.32 Å². The van der Waals surface area contributed by atoms with Gasteiger partial charge in [0.1, 0.15) is 5.69 Å². The van der Waals surface area contributed by atoms with E-state index in [0.717, 1.165) is 22.7 Å². The number of hydrogen-bond acceptors (Lipinski definition) is 3. The molecule has 0 spiro atoms. The Bertz CT molecular complexity index is 1020. The van der Waals surface area contributed by atoms with Crippen LogP contribution in [-0.2, 0) is 6.42 Å². The van der Waals surface area contributed by atoms with E-state index in [4.69, 9.17) is 0 Å². The van der Waals surface area contributed by atoms with E-state index in [9.17, 15) is 4.79 Å². The molecule has 0 bridgehead atoms. The molecule has 1 amide bonds. The lowest BCUT2D eigenvalue weighted by Gasteiger charge is -2.03. The van der Waals surface area contributed by atoms with Gasteiger partial charge in [0.25, 0.3) is 5.91 Å². The summed E-state index contributed by atoms with van der Waals surface area (Å²) in [5.41, 5.74) is 4.17. The summed E-state index contributed by atoms with van der Waals surface area (Å²) >= 11 is 1.59. The second-order valence-corrected chi connectivity index (χ2v) is 7.63. The monoisotopic (exact) mass is 375 g/mol. The van der Waals surface area contributed by atoms with Crippen molar-refractivity contribution in [3.8, 4) is 10.4 Å². The minimum Gasteiger partial charge on any atom is -0.351 e. The molecule has 0 unspecified atom stereocenters. The van der Waals surface area contributed by atoms with Crippen molar-refractivity contribution in [2.24, 2.45) is 0 Å². The lowest BCUT2D eigenvalue weighted by atomic mass is 10.1. The summed E-state index contributed by atoms with van der Waals surface area (Å²) in [6.45, 7) is 2.73. The molecule has 136 valence electrons. The van der Waals surface area contributed by atoms with Gasteiger partial charge in [-0.05, 0) is 30.9 Å². The maximum absolute atomic E-state index is 12.3. The van der Waals surface area contributed by atoms with E-state index in [-0.39, 0.29) is 5.91 Å². The van der Waals surface area contributed by atoms with Crippen molar-refractivity contribution in [3.05, 3.63) is 83.8 Å². The van der Waals surface area contributed by atoms with Crippen molar-refractivity contribution >= 4 is 22.2 Å². The molecule has 2 heterocycles. The first-order valence-electron chi connectivity index (χ1n) is 9.07. The predicted octanol–water partition coefficient (Wildman–Crippen LogP) is 4.73. The van der Waals surface area contributed by atoms with Crippen molar-refractivity contribution in [3.63, 3.8) is 0 Å². The number of imidazole rings is 1. The third-order valence-corrected chi connectivity index (χ3v) is 5.54. The normalized spacial score (nSPS) is 11.0. The SMILES string of the molecule is Cc1ccc(-c2cn3cc(C(=O)NCCCc4ccccc4)nc3s2)cc1. The number of nitrogens with one attached hydrogen (secondary N) is 1. The quantitative estimate of drug-likeness (QED) is 0.495. The zero-order valence-corrected chi connectivity index (χ0v) is 16.0. The molecule has 0 fully saturated rings. The highest BCUT2D eigenvalue weighted by Crippen LogP contribution is 2.28. The van der Waals surface area contributed by atoms with Gasteiger partial charge in [0, 0.05) is 18.9 Å². The van der Waals surface area contributed by atoms with E-state index in [2.05, 4.69) is 53.6 Å². The number of rotatable bonds is 6. The molecule has 4 rings (SSSR count). The molecular formula is C22H21N3OS. The molecule has 0 radical (unpaired) electrons. The van der Waals surface area contributed by atoms with Crippen molar-refractivity contribution in [1.29, 1.82) is 0 Å². The van der Waals surface area contributed by atoms with Gasteiger partial charge in [0.05, 0.1) is 4.88 Å². The molecule has 4 aromatic rings. The number of fused-ring (bicyclic) bond motifs is 1. The van der Waals surface area contributed by atoms with Crippen molar-refractivity contribution in [1.82, 2.24) is 14.7 Å². The topological polar surface area (TPSA) is 46.4 Å². The lowest BCUT2D eigenvalue weighted by molar-refractivity contribution is 0.0949. The van der Waals surface area contributed by atoms with Gasteiger partial charge in [0.15, 0.2) is 4.96 Å². The summed E-state index contributed by atoms with van der Waals surface area (Å²) in [6.07, 6.45) is 5.70. The number of aryl methyl sites for hydroxylation is 2. The summed E-state index contributed by atoms with van der Waals surface area (Å²) < 4.78 is 1.93. The summed E-state index contributed by atoms with van der Waals surface area (Å²) in [4.78, 5) is 18.8. The van der Waals surface area contributed by atoms with Crippen LogP contribution in [0.25, 0.3) is 15.4 Å². The number of hydrogen-bond donors (Lipinski definition) is 1. The van der Waals surface area contributed by atoms with Crippen LogP contribution in [0.1, 0.15) is 28.0 Å². The highest BCUT2D eigenvalue weighted by atomic mass is 32.1. The minimum atomic E-state index is -0.115. The van der Waals surface area contributed by atoms with E-state index >= 15 is 0 Å². The number of carbonyl (C=O) groups excluding carboxylic acids is 1. The molecule has 0 saturated heterocycles. The maximum atomic E-state index is 12.3. The van der Waals surface area contributed by atoms with Gasteiger partial charge in [-0.1, -0.05) is 71.5 Å². The summed E-state index contributed by atoms with van der Waals surface area (Å²) in [5, 5.41) is 2.96. The number of nitrogens with zero attached hydrogens (tertiary/aromatic N) is 2. The zero-order chi connectivity index (χ0) is 18.6. The van der Waals surface area contributed by atoms with Crippen molar-refractivity contribution in [2.45, 2.75) is 19.8 Å². The van der Waals surface area contributed by atoms with Gasteiger partial charge in [-0.25, -0.2) is 4.98 Å². The highest BCUT2D eigenvalue weighted by molar-refractivity contribution is 7.20. The van der Waals surface area contributed by atoms with Gasteiger partial charge >= 0.3 is 0 Å². The van der Waals surface area contributed by atoms with Gasteiger partial charge in [-0.3, -0.25) is 9.20 Å². The summed E-state index contributed by atoms with van der Waals surface area (Å²) in [6, 6.07) is 18.7. The minimum absolute atomic E-state index is 0.115. The summed E-state index contributed by atoms with van der Waals surface area (Å²) in [5.74, 6) is -0.115. The Morgan fingerprint density at radius 2 is 1.85 bits per heavy atom. The van der Waals surface area contributed by atoms with Crippen LogP contribution < -0.4 is 5.32 Å². The molecule has 1 N–H and O–H groups in total. The highest BCUT2D eigenvalue weighted by Gasteiger charge is 2.13. The average molecular weight is 375 g/mol. The molecular weight excluding hydrogens is 354 g/mol. The Hall–Kier alpha value is -2.92. The van der Waals surface area contributed by atoms with Crippen LogP contribution in [0.2, 0.25) is 0 Å². The predicted molar refractivity (Wildman–Crippen MR) is 110 cm³/mol. The molecule has 0 aliphatic rings. The van der Waals surface area contributed by atoms with Crippen LogP contribution in [0.3, 0.4) is 0 Å². The van der Waals surface area contributed by atoms with E-state index in [0.29, 0.717) is 12.2 Å². The second kappa shape index (κ2) is 7.76. The third-order valence-electron chi connectivity index (χ3n) is 4.50. The first-order valence-corrected chi connectivity index (χ1v) is 9.88. The van der Waals surface area contributed by atoms with Gasteiger partial charge in [-0.15, -0.1) is 0 Å². The van der Waals surface area contributed by atoms with Crippen LogP contribution in [0.5, 0.6) is 0 Å². The molecule has 5 heteroatoms. The molecule has 0 aliphatic carbocycles. The maximum Gasteiger partial charge on any atom is 0.271 e. The molecule has 27 heavy (non-hydrogen) atoms. The number of aromatic nitrogens is 2. The summed E-state index contributed by atoms with van der Waals surface area (Å²) in [7, 11) is 0. The Kier molecular flexibility index (Phi) is 5.03. The fourth-order valence-electron chi connectivity index (χ4n) is 2.99. The van der Waals surface area contributed by atoms with E-state index in [1.807, 2.05) is 28.8 Å². The smallest absolute Gasteiger partial charge is 0.271 e. The van der Waals surface area contributed by atoms with Crippen LogP contribution >= 0.6 is 11.3 Å². The molecule has 0 aliphatic heterocycles. The number of thiazole rings is 1. The fourth-order valence-corrected chi connectivity index (χ4v) is 3.96. The van der Waals surface area contributed by atoms with Gasteiger partial charge in [-0.2, -0.15) is 0 Å². The third kappa shape index (κ3) is 4.09. The molecule has 2 aromatic carbocycles. The van der Waals surface area contributed by atoms with E-state index < -0.39 is 0 Å². The lowest BCUT2D eigenvalue weighted by Crippen LogP contribution is -2.25. The zero-order valence-electron chi connectivity index (χ0n) is 15.2. The Morgan fingerprint density at radius 1 is 1.07 bits per heavy atom. The fraction of sp³-hybridized carbons (Fsp3) is 0.182. The first-order chi connectivity index (χ1) is 13.2. The van der Waals surface area contributed by atoms with Crippen LogP contribution in [0, 0.1) is 6.92 Å².